The lowest BCUT2D eigenvalue weighted by Crippen LogP contribution is -2.50. The maximum atomic E-state index is 14.3. The van der Waals surface area contributed by atoms with Crippen LogP contribution in [0.3, 0.4) is 0 Å². The van der Waals surface area contributed by atoms with E-state index in [1.54, 1.807) is 25.1 Å². The predicted molar refractivity (Wildman–Crippen MR) is 125 cm³/mol. The SMILES string of the molecule is CCC(C)NC(=O)C(C)N(Cc1ccccc1F)C(=O)COc1ccc(C(C)(C)C)cc1. The standard InChI is InChI=1S/C26H35FN2O3/c1-7-18(2)28-25(31)19(3)29(16-20-10-8-9-11-23(20)27)24(30)17-32-22-14-12-21(13-15-22)26(4,5)6/h8-15,18-19H,7,16-17H2,1-6H3,(H,28,31). The van der Waals surface area contributed by atoms with Gasteiger partial charge in [-0.3, -0.25) is 9.59 Å². The molecule has 0 spiro atoms. The van der Waals surface area contributed by atoms with Crippen molar-refractivity contribution in [2.45, 2.75) is 72.0 Å². The van der Waals surface area contributed by atoms with E-state index in [1.807, 2.05) is 38.1 Å². The van der Waals surface area contributed by atoms with Crippen LogP contribution in [0.4, 0.5) is 4.39 Å². The number of ether oxygens (including phenoxy) is 1. The van der Waals surface area contributed by atoms with Gasteiger partial charge in [0.15, 0.2) is 6.61 Å². The quantitative estimate of drug-likeness (QED) is 0.605. The third-order valence-electron chi connectivity index (χ3n) is 5.55. The van der Waals surface area contributed by atoms with Crippen molar-refractivity contribution in [3.63, 3.8) is 0 Å². The minimum Gasteiger partial charge on any atom is -0.484 e. The van der Waals surface area contributed by atoms with Gasteiger partial charge in [0.1, 0.15) is 17.6 Å². The molecule has 0 heterocycles. The van der Waals surface area contributed by atoms with Gasteiger partial charge in [0, 0.05) is 18.2 Å². The zero-order chi connectivity index (χ0) is 23.9. The van der Waals surface area contributed by atoms with Crippen molar-refractivity contribution in [2.75, 3.05) is 6.61 Å². The topological polar surface area (TPSA) is 58.6 Å². The molecule has 6 heteroatoms. The Morgan fingerprint density at radius 2 is 1.69 bits per heavy atom. The van der Waals surface area contributed by atoms with E-state index >= 15 is 0 Å². The molecule has 0 aliphatic rings. The first-order chi connectivity index (χ1) is 15.0. The minimum absolute atomic E-state index is 0.0172. The molecule has 0 aliphatic carbocycles. The first kappa shape index (κ1) is 25.4. The zero-order valence-electron chi connectivity index (χ0n) is 19.9. The van der Waals surface area contributed by atoms with Crippen LogP contribution in [0.5, 0.6) is 5.75 Å². The summed E-state index contributed by atoms with van der Waals surface area (Å²) in [6.07, 6.45) is 0.771. The Balaban J connectivity index is 2.15. The summed E-state index contributed by atoms with van der Waals surface area (Å²) in [4.78, 5) is 27.1. The smallest absolute Gasteiger partial charge is 0.261 e. The summed E-state index contributed by atoms with van der Waals surface area (Å²) >= 11 is 0. The number of hydrogen-bond donors (Lipinski definition) is 1. The van der Waals surface area contributed by atoms with Crippen molar-refractivity contribution in [2.24, 2.45) is 0 Å². The summed E-state index contributed by atoms with van der Waals surface area (Å²) in [5.41, 5.74) is 1.52. The molecule has 1 N–H and O–H groups in total. The lowest BCUT2D eigenvalue weighted by Gasteiger charge is -2.29. The molecule has 32 heavy (non-hydrogen) atoms. The van der Waals surface area contributed by atoms with Crippen LogP contribution in [0, 0.1) is 5.82 Å². The van der Waals surface area contributed by atoms with E-state index in [2.05, 4.69) is 26.1 Å². The van der Waals surface area contributed by atoms with E-state index < -0.39 is 11.9 Å². The molecule has 2 aromatic carbocycles. The molecule has 2 unspecified atom stereocenters. The van der Waals surface area contributed by atoms with Crippen LogP contribution in [0.2, 0.25) is 0 Å². The Bertz CT molecular complexity index is 906. The molecule has 174 valence electrons. The van der Waals surface area contributed by atoms with E-state index in [9.17, 15) is 14.0 Å². The first-order valence-electron chi connectivity index (χ1n) is 11.1. The molecule has 0 aliphatic heterocycles. The van der Waals surface area contributed by atoms with Gasteiger partial charge in [-0.1, -0.05) is 58.0 Å². The average molecular weight is 443 g/mol. The van der Waals surface area contributed by atoms with Crippen molar-refractivity contribution >= 4 is 11.8 Å². The first-order valence-corrected chi connectivity index (χ1v) is 11.1. The lowest BCUT2D eigenvalue weighted by molar-refractivity contribution is -0.142. The molecule has 5 nitrogen and oxygen atoms in total. The highest BCUT2D eigenvalue weighted by Crippen LogP contribution is 2.24. The van der Waals surface area contributed by atoms with Gasteiger partial charge >= 0.3 is 0 Å². The molecule has 0 bridgehead atoms. The number of nitrogens with zero attached hydrogens (tertiary/aromatic N) is 1. The number of carbonyl (C=O) groups is 2. The Morgan fingerprint density at radius 3 is 2.25 bits per heavy atom. The fourth-order valence-electron chi connectivity index (χ4n) is 3.14. The van der Waals surface area contributed by atoms with Gasteiger partial charge in [-0.05, 0) is 49.4 Å². The van der Waals surface area contributed by atoms with Crippen molar-refractivity contribution < 1.29 is 18.7 Å². The van der Waals surface area contributed by atoms with Gasteiger partial charge in [0.25, 0.3) is 5.91 Å². The van der Waals surface area contributed by atoms with Crippen LogP contribution in [0.25, 0.3) is 0 Å². The molecular formula is C26H35FN2O3. The number of carbonyl (C=O) groups excluding carboxylic acids is 2. The summed E-state index contributed by atoms with van der Waals surface area (Å²) in [5.74, 6) is -0.522. The van der Waals surface area contributed by atoms with Gasteiger partial charge in [0.05, 0.1) is 0 Å². The van der Waals surface area contributed by atoms with E-state index in [0.29, 0.717) is 11.3 Å². The molecule has 0 radical (unpaired) electrons. The number of nitrogens with one attached hydrogen (secondary N) is 1. The van der Waals surface area contributed by atoms with Crippen LogP contribution in [-0.2, 0) is 21.5 Å². The van der Waals surface area contributed by atoms with Gasteiger partial charge < -0.3 is 15.0 Å². The Labute approximate surface area is 191 Å². The second-order valence-corrected chi connectivity index (χ2v) is 9.17. The number of rotatable bonds is 9. The number of hydrogen-bond acceptors (Lipinski definition) is 3. The number of benzene rings is 2. The monoisotopic (exact) mass is 442 g/mol. The normalized spacial score (nSPS) is 13.2. The summed E-state index contributed by atoms with van der Waals surface area (Å²) in [6.45, 7) is 11.6. The highest BCUT2D eigenvalue weighted by atomic mass is 19.1. The number of halogens is 1. The Hall–Kier alpha value is -2.89. The van der Waals surface area contributed by atoms with Gasteiger partial charge in [0.2, 0.25) is 5.91 Å². The lowest BCUT2D eigenvalue weighted by atomic mass is 9.87. The second kappa shape index (κ2) is 11.1. The van der Waals surface area contributed by atoms with E-state index in [1.165, 1.54) is 11.0 Å². The molecule has 2 atom stereocenters. The molecule has 2 aromatic rings. The summed E-state index contributed by atoms with van der Waals surface area (Å²) in [5, 5.41) is 2.89. The van der Waals surface area contributed by atoms with Crippen LogP contribution in [-0.4, -0.2) is 35.4 Å². The van der Waals surface area contributed by atoms with E-state index in [0.717, 1.165) is 12.0 Å². The molecule has 0 fully saturated rings. The molecule has 0 aromatic heterocycles. The zero-order valence-corrected chi connectivity index (χ0v) is 19.9. The number of amides is 2. The Kier molecular flexibility index (Phi) is 8.81. The van der Waals surface area contributed by atoms with Gasteiger partial charge in [-0.25, -0.2) is 4.39 Å². The molecule has 0 saturated heterocycles. The van der Waals surface area contributed by atoms with Crippen molar-refractivity contribution in [1.29, 1.82) is 0 Å². The van der Waals surface area contributed by atoms with Gasteiger partial charge in [-0.2, -0.15) is 0 Å². The van der Waals surface area contributed by atoms with Crippen LogP contribution >= 0.6 is 0 Å². The van der Waals surface area contributed by atoms with Crippen molar-refractivity contribution in [3.8, 4) is 5.75 Å². The molecule has 0 saturated carbocycles. The minimum atomic E-state index is -0.775. The average Bonchev–Trinajstić information content (AvgIpc) is 2.76. The second-order valence-electron chi connectivity index (χ2n) is 9.17. The maximum Gasteiger partial charge on any atom is 0.261 e. The third kappa shape index (κ3) is 7.08. The fraction of sp³-hybridized carbons (Fsp3) is 0.462. The van der Waals surface area contributed by atoms with E-state index in [-0.39, 0.29) is 36.4 Å². The van der Waals surface area contributed by atoms with Crippen LogP contribution in [0.15, 0.2) is 48.5 Å². The fourth-order valence-corrected chi connectivity index (χ4v) is 3.14. The Morgan fingerprint density at radius 1 is 1.06 bits per heavy atom. The summed E-state index contributed by atoms with van der Waals surface area (Å²) in [6, 6.07) is 13.1. The maximum absolute atomic E-state index is 14.3. The molecule has 2 amide bonds. The highest BCUT2D eigenvalue weighted by molar-refractivity contribution is 5.88. The van der Waals surface area contributed by atoms with E-state index in [4.69, 9.17) is 4.74 Å². The van der Waals surface area contributed by atoms with Crippen LogP contribution in [0.1, 0.15) is 59.1 Å². The summed E-state index contributed by atoms with van der Waals surface area (Å²) < 4.78 is 20.0. The highest BCUT2D eigenvalue weighted by Gasteiger charge is 2.28. The summed E-state index contributed by atoms with van der Waals surface area (Å²) in [7, 11) is 0. The largest absolute Gasteiger partial charge is 0.484 e. The third-order valence-corrected chi connectivity index (χ3v) is 5.55. The molecule has 2 rings (SSSR count). The van der Waals surface area contributed by atoms with Crippen molar-refractivity contribution in [1.82, 2.24) is 10.2 Å². The van der Waals surface area contributed by atoms with Crippen molar-refractivity contribution in [3.05, 3.63) is 65.5 Å². The predicted octanol–water partition coefficient (Wildman–Crippen LogP) is 4.83. The molecular weight excluding hydrogens is 407 g/mol. The van der Waals surface area contributed by atoms with Crippen LogP contribution < -0.4 is 10.1 Å². The van der Waals surface area contributed by atoms with Gasteiger partial charge in [-0.15, -0.1) is 0 Å².